The van der Waals surface area contributed by atoms with E-state index >= 15 is 0 Å². The number of aryl methyl sites for hydroxylation is 1. The van der Waals surface area contributed by atoms with E-state index in [9.17, 15) is 13.6 Å². The monoisotopic (exact) mass is 452 g/mol. The number of hydrogen-bond donors (Lipinski definition) is 1. The second-order valence-corrected chi connectivity index (χ2v) is 7.84. The first kappa shape index (κ1) is 24.1. The van der Waals surface area contributed by atoms with Crippen molar-refractivity contribution in [3.05, 3.63) is 94.7 Å². The minimum absolute atomic E-state index is 0.157. The highest BCUT2D eigenvalue weighted by atomic mass is 19.1. The third kappa shape index (κ3) is 5.62. The molecule has 2 aromatic carbocycles. The lowest BCUT2D eigenvalue weighted by Crippen LogP contribution is -2.37. The number of methoxy groups -OCH3 is 1. The summed E-state index contributed by atoms with van der Waals surface area (Å²) in [6.07, 6.45) is 4.18. The standard InChI is InChI=1S/C19H22N2O2.C7H4F2O/c1-13-5-7-17-15(9-13)16(10-19(2,23-17)12-22-4)14-6-8-18(20-3)21-11-14;8-6-2-1-3-7(9)5(6)4-10/h5-11H,12H2,1-4H3,(H,20,21);1-4H. The summed E-state index contributed by atoms with van der Waals surface area (Å²) < 4.78 is 36.3. The minimum atomic E-state index is -0.824. The van der Waals surface area contributed by atoms with Crippen LogP contribution in [-0.2, 0) is 4.74 Å². The third-order valence-corrected chi connectivity index (χ3v) is 5.10. The molecule has 4 rings (SSSR count). The van der Waals surface area contributed by atoms with Gasteiger partial charge in [-0.2, -0.15) is 0 Å². The van der Waals surface area contributed by atoms with E-state index in [0.717, 1.165) is 40.4 Å². The Balaban J connectivity index is 0.000000257. The van der Waals surface area contributed by atoms with Crippen molar-refractivity contribution in [1.29, 1.82) is 0 Å². The molecule has 0 aliphatic carbocycles. The first-order valence-electron chi connectivity index (χ1n) is 10.4. The van der Waals surface area contributed by atoms with E-state index in [-0.39, 0.29) is 6.29 Å². The maximum atomic E-state index is 12.4. The zero-order valence-corrected chi connectivity index (χ0v) is 19.0. The van der Waals surface area contributed by atoms with E-state index in [1.807, 2.05) is 32.3 Å². The predicted molar refractivity (Wildman–Crippen MR) is 125 cm³/mol. The van der Waals surface area contributed by atoms with Gasteiger partial charge in [-0.25, -0.2) is 13.8 Å². The lowest BCUT2D eigenvalue weighted by molar-refractivity contribution is 0.0374. The summed E-state index contributed by atoms with van der Waals surface area (Å²) in [4.78, 5) is 14.4. The Morgan fingerprint density at radius 1 is 1.15 bits per heavy atom. The number of nitrogens with zero attached hydrogens (tertiary/aromatic N) is 1. The molecular weight excluding hydrogens is 426 g/mol. The van der Waals surface area contributed by atoms with Crippen molar-refractivity contribution in [2.45, 2.75) is 19.4 Å². The lowest BCUT2D eigenvalue weighted by atomic mass is 9.89. The fraction of sp³-hybridized carbons (Fsp3) is 0.231. The Bertz CT molecular complexity index is 1140. The third-order valence-electron chi connectivity index (χ3n) is 5.10. The molecule has 172 valence electrons. The van der Waals surface area contributed by atoms with Crippen LogP contribution in [0.3, 0.4) is 0 Å². The van der Waals surface area contributed by atoms with Crippen LogP contribution in [0, 0.1) is 18.6 Å². The topological polar surface area (TPSA) is 60.4 Å². The molecule has 0 saturated heterocycles. The number of benzene rings is 2. The highest BCUT2D eigenvalue weighted by Crippen LogP contribution is 2.40. The molecule has 5 nitrogen and oxygen atoms in total. The van der Waals surface area contributed by atoms with Crippen molar-refractivity contribution in [1.82, 2.24) is 4.98 Å². The van der Waals surface area contributed by atoms with Crippen LogP contribution in [0.1, 0.15) is 34.0 Å². The van der Waals surface area contributed by atoms with Crippen molar-refractivity contribution in [2.24, 2.45) is 0 Å². The van der Waals surface area contributed by atoms with Gasteiger partial charge in [-0.3, -0.25) is 4.79 Å². The minimum Gasteiger partial charge on any atom is -0.480 e. The molecule has 1 unspecified atom stereocenters. The summed E-state index contributed by atoms with van der Waals surface area (Å²) in [6, 6.07) is 13.6. The second kappa shape index (κ2) is 10.4. The Kier molecular flexibility index (Phi) is 7.55. The van der Waals surface area contributed by atoms with Crippen molar-refractivity contribution in [2.75, 3.05) is 26.1 Å². The maximum absolute atomic E-state index is 12.4. The highest BCUT2D eigenvalue weighted by Gasteiger charge is 2.31. The molecule has 2 heterocycles. The fourth-order valence-electron chi connectivity index (χ4n) is 3.53. The number of anilines is 1. The molecule has 1 atom stereocenters. The summed E-state index contributed by atoms with van der Waals surface area (Å²) in [7, 11) is 3.56. The van der Waals surface area contributed by atoms with E-state index < -0.39 is 22.8 Å². The summed E-state index contributed by atoms with van der Waals surface area (Å²) >= 11 is 0. The fourth-order valence-corrected chi connectivity index (χ4v) is 3.53. The van der Waals surface area contributed by atoms with Crippen LogP contribution in [0.15, 0.2) is 60.8 Å². The number of fused-ring (bicyclic) bond motifs is 1. The van der Waals surface area contributed by atoms with Crippen molar-refractivity contribution in [3.63, 3.8) is 0 Å². The van der Waals surface area contributed by atoms with Gasteiger partial charge in [0.1, 0.15) is 28.8 Å². The summed E-state index contributed by atoms with van der Waals surface area (Å²) in [5, 5.41) is 3.05. The molecule has 0 amide bonds. The normalized spacial score (nSPS) is 16.5. The Labute approximate surface area is 192 Å². The van der Waals surface area contributed by atoms with Crippen LogP contribution in [0.4, 0.5) is 14.6 Å². The van der Waals surface area contributed by atoms with Crippen LogP contribution in [0.25, 0.3) is 5.57 Å². The van der Waals surface area contributed by atoms with Gasteiger partial charge in [-0.1, -0.05) is 17.7 Å². The zero-order valence-electron chi connectivity index (χ0n) is 19.0. The number of carbonyl (C=O) groups is 1. The number of carbonyl (C=O) groups excluding carboxylic acids is 1. The molecule has 33 heavy (non-hydrogen) atoms. The molecule has 0 bridgehead atoms. The van der Waals surface area contributed by atoms with Crippen LogP contribution >= 0.6 is 0 Å². The van der Waals surface area contributed by atoms with E-state index in [0.29, 0.717) is 6.61 Å². The molecule has 7 heteroatoms. The molecule has 1 aliphatic rings. The number of halogens is 2. The summed E-state index contributed by atoms with van der Waals surface area (Å²) in [5.41, 5.74) is 3.49. The first-order chi connectivity index (χ1) is 15.8. The van der Waals surface area contributed by atoms with Crippen molar-refractivity contribution >= 4 is 17.7 Å². The second-order valence-electron chi connectivity index (χ2n) is 7.84. The molecule has 1 N–H and O–H groups in total. The number of nitrogens with one attached hydrogen (secondary N) is 1. The first-order valence-corrected chi connectivity index (χ1v) is 10.4. The van der Waals surface area contributed by atoms with Gasteiger partial charge in [-0.15, -0.1) is 0 Å². The Hall–Kier alpha value is -3.58. The molecule has 3 aromatic rings. The van der Waals surface area contributed by atoms with E-state index in [4.69, 9.17) is 9.47 Å². The predicted octanol–water partition coefficient (Wildman–Crippen LogP) is 5.44. The van der Waals surface area contributed by atoms with Crippen LogP contribution in [0.5, 0.6) is 5.75 Å². The zero-order chi connectivity index (χ0) is 24.0. The number of hydrogen-bond acceptors (Lipinski definition) is 5. The average Bonchev–Trinajstić information content (AvgIpc) is 2.80. The molecule has 0 saturated carbocycles. The van der Waals surface area contributed by atoms with E-state index in [1.165, 1.54) is 11.6 Å². The highest BCUT2D eigenvalue weighted by molar-refractivity contribution is 5.85. The number of ether oxygens (including phenoxy) is 2. The van der Waals surface area contributed by atoms with Gasteiger partial charge in [0.15, 0.2) is 6.29 Å². The Morgan fingerprint density at radius 2 is 1.88 bits per heavy atom. The van der Waals surface area contributed by atoms with Crippen LogP contribution in [0.2, 0.25) is 0 Å². The van der Waals surface area contributed by atoms with Gasteiger partial charge in [0.05, 0.1) is 12.2 Å². The van der Waals surface area contributed by atoms with Crippen molar-refractivity contribution < 1.29 is 23.0 Å². The maximum Gasteiger partial charge on any atom is 0.155 e. The molecule has 0 fully saturated rings. The van der Waals surface area contributed by atoms with Gasteiger partial charge in [0.25, 0.3) is 0 Å². The van der Waals surface area contributed by atoms with Gasteiger partial charge in [0.2, 0.25) is 0 Å². The lowest BCUT2D eigenvalue weighted by Gasteiger charge is -2.34. The largest absolute Gasteiger partial charge is 0.480 e. The quantitative estimate of drug-likeness (QED) is 0.523. The smallest absolute Gasteiger partial charge is 0.155 e. The molecular formula is C26H26F2N2O3. The average molecular weight is 453 g/mol. The molecule has 0 spiro atoms. The van der Waals surface area contributed by atoms with Crippen LogP contribution in [-0.4, -0.2) is 37.6 Å². The summed E-state index contributed by atoms with van der Waals surface area (Å²) in [5.74, 6) is 0.0841. The van der Waals surface area contributed by atoms with Crippen LogP contribution < -0.4 is 10.1 Å². The van der Waals surface area contributed by atoms with Gasteiger partial charge < -0.3 is 14.8 Å². The Morgan fingerprint density at radius 3 is 2.42 bits per heavy atom. The number of aromatic nitrogens is 1. The van der Waals surface area contributed by atoms with Gasteiger partial charge >= 0.3 is 0 Å². The molecule has 1 aliphatic heterocycles. The summed E-state index contributed by atoms with van der Waals surface area (Å²) in [6.45, 7) is 4.61. The van der Waals surface area contributed by atoms with Crippen molar-refractivity contribution in [3.8, 4) is 5.75 Å². The van der Waals surface area contributed by atoms with Gasteiger partial charge in [0, 0.05) is 31.5 Å². The van der Waals surface area contributed by atoms with Gasteiger partial charge in [-0.05, 0) is 61.9 Å². The number of aldehydes is 1. The SMILES string of the molecule is CNc1ccc(C2=CC(C)(COC)Oc3ccc(C)cc32)cn1.O=Cc1c(F)cccc1F. The molecule has 0 radical (unpaired) electrons. The number of pyridine rings is 1. The van der Waals surface area contributed by atoms with E-state index in [2.05, 4.69) is 41.5 Å². The number of rotatable bonds is 5. The van der Waals surface area contributed by atoms with E-state index in [1.54, 1.807) is 7.11 Å². The molecule has 1 aromatic heterocycles.